The highest BCUT2D eigenvalue weighted by Gasteiger charge is 2.22. The van der Waals surface area contributed by atoms with Crippen molar-refractivity contribution < 1.29 is 24.2 Å². The van der Waals surface area contributed by atoms with Crippen molar-refractivity contribution in [1.29, 1.82) is 0 Å². The fourth-order valence-electron chi connectivity index (χ4n) is 3.10. The van der Waals surface area contributed by atoms with Crippen LogP contribution in [0.3, 0.4) is 0 Å². The van der Waals surface area contributed by atoms with Crippen LogP contribution in [0, 0.1) is 0 Å². The van der Waals surface area contributed by atoms with E-state index in [0.717, 1.165) is 16.3 Å². The number of aliphatic carboxylic acids is 1. The zero-order valence-corrected chi connectivity index (χ0v) is 15.4. The second-order valence-corrected chi connectivity index (χ2v) is 6.26. The van der Waals surface area contributed by atoms with Crippen LogP contribution < -0.4 is 10.1 Å². The number of carbonyl (C=O) groups excluding carboxylic acids is 1. The molecule has 0 radical (unpaired) electrons. The predicted molar refractivity (Wildman–Crippen MR) is 105 cm³/mol. The van der Waals surface area contributed by atoms with E-state index >= 15 is 0 Å². The topological polar surface area (TPSA) is 84.9 Å². The minimum Gasteiger partial charge on any atom is -0.496 e. The van der Waals surface area contributed by atoms with E-state index in [0.29, 0.717) is 11.3 Å². The number of hydrogen-bond donors (Lipinski definition) is 2. The fourth-order valence-corrected chi connectivity index (χ4v) is 3.10. The second-order valence-electron chi connectivity index (χ2n) is 6.26. The van der Waals surface area contributed by atoms with Gasteiger partial charge in [0, 0.05) is 5.39 Å². The van der Waals surface area contributed by atoms with Crippen molar-refractivity contribution in [3.63, 3.8) is 0 Å². The number of amides is 1. The molecule has 0 heterocycles. The average molecular weight is 379 g/mol. The van der Waals surface area contributed by atoms with Gasteiger partial charge in [-0.25, -0.2) is 4.79 Å². The van der Waals surface area contributed by atoms with Gasteiger partial charge in [0.2, 0.25) is 0 Å². The van der Waals surface area contributed by atoms with Crippen LogP contribution in [0.2, 0.25) is 0 Å². The molecule has 0 aromatic heterocycles. The molecule has 0 aliphatic carbocycles. The van der Waals surface area contributed by atoms with Crippen molar-refractivity contribution in [3.05, 3.63) is 77.9 Å². The van der Waals surface area contributed by atoms with Gasteiger partial charge in [0.15, 0.2) is 0 Å². The third kappa shape index (κ3) is 4.59. The number of methoxy groups -OCH3 is 1. The minimum atomic E-state index is -1.02. The van der Waals surface area contributed by atoms with Gasteiger partial charge in [0.05, 0.1) is 19.6 Å². The molecule has 0 fully saturated rings. The Bertz CT molecular complexity index is 971. The summed E-state index contributed by atoms with van der Waals surface area (Å²) < 4.78 is 10.6. The molecular formula is C22H21NO5. The van der Waals surface area contributed by atoms with Gasteiger partial charge in [-0.15, -0.1) is 0 Å². The van der Waals surface area contributed by atoms with Crippen molar-refractivity contribution in [3.8, 4) is 5.75 Å². The molecule has 1 atom stereocenters. The van der Waals surface area contributed by atoms with E-state index in [-0.39, 0.29) is 13.0 Å². The Labute approximate surface area is 162 Å². The van der Waals surface area contributed by atoms with Crippen LogP contribution in [0.15, 0.2) is 66.7 Å². The molecule has 0 aliphatic rings. The first-order chi connectivity index (χ1) is 13.6. The Kier molecular flexibility index (Phi) is 6.11. The van der Waals surface area contributed by atoms with Crippen LogP contribution >= 0.6 is 0 Å². The second kappa shape index (κ2) is 8.90. The Balaban J connectivity index is 1.83. The number of ether oxygens (including phenoxy) is 2. The van der Waals surface area contributed by atoms with Crippen LogP contribution in [0.1, 0.15) is 23.6 Å². The Hall–Kier alpha value is -3.54. The number of carboxylic acid groups (broad SMARTS) is 1. The summed E-state index contributed by atoms with van der Waals surface area (Å²) in [5, 5.41) is 13.7. The zero-order valence-electron chi connectivity index (χ0n) is 15.4. The number of alkyl carbamates (subject to hydrolysis) is 1. The predicted octanol–water partition coefficient (Wildman–Crippen LogP) is 4.29. The standard InChI is InChI=1S/C22H21NO5/c1-27-20-12-11-17(16-9-5-6-10-18(16)20)19(13-21(24)25)23-22(26)28-14-15-7-3-2-4-8-15/h2-12,19H,13-14H2,1H3,(H,23,26)(H,24,25)/t19-/m1/s1. The summed E-state index contributed by atoms with van der Waals surface area (Å²) in [5.74, 6) is -0.340. The summed E-state index contributed by atoms with van der Waals surface area (Å²) in [6.45, 7) is 0.107. The fraction of sp³-hybridized carbons (Fsp3) is 0.182. The smallest absolute Gasteiger partial charge is 0.407 e. The number of carbonyl (C=O) groups is 2. The summed E-state index contributed by atoms with van der Waals surface area (Å²) in [6.07, 6.45) is -0.938. The molecule has 3 rings (SSSR count). The molecule has 1 amide bonds. The van der Waals surface area contributed by atoms with Gasteiger partial charge in [-0.1, -0.05) is 60.7 Å². The van der Waals surface area contributed by atoms with Crippen LogP contribution in [-0.2, 0) is 16.1 Å². The maximum atomic E-state index is 12.3. The first kappa shape index (κ1) is 19.2. The summed E-state index contributed by atoms with van der Waals surface area (Å²) in [4.78, 5) is 23.7. The molecule has 0 bridgehead atoms. The molecule has 6 heteroatoms. The maximum Gasteiger partial charge on any atom is 0.407 e. The number of rotatable bonds is 7. The first-order valence-corrected chi connectivity index (χ1v) is 8.83. The van der Waals surface area contributed by atoms with Crippen molar-refractivity contribution >= 4 is 22.8 Å². The van der Waals surface area contributed by atoms with E-state index in [1.165, 1.54) is 0 Å². The Morgan fingerprint density at radius 1 is 0.964 bits per heavy atom. The van der Waals surface area contributed by atoms with Crippen molar-refractivity contribution in [1.82, 2.24) is 5.32 Å². The summed E-state index contributed by atoms with van der Waals surface area (Å²) >= 11 is 0. The molecule has 0 saturated heterocycles. The molecule has 0 spiro atoms. The summed E-state index contributed by atoms with van der Waals surface area (Å²) in [7, 11) is 1.58. The molecule has 3 aromatic carbocycles. The molecule has 3 aromatic rings. The summed E-state index contributed by atoms with van der Waals surface area (Å²) in [6, 6.07) is 19.6. The molecule has 0 unspecified atom stereocenters. The van der Waals surface area contributed by atoms with Gasteiger partial charge in [-0.3, -0.25) is 4.79 Å². The van der Waals surface area contributed by atoms with Crippen LogP contribution in [-0.4, -0.2) is 24.3 Å². The third-order valence-electron chi connectivity index (χ3n) is 4.40. The van der Waals surface area contributed by atoms with Crippen molar-refractivity contribution in [2.45, 2.75) is 19.1 Å². The first-order valence-electron chi connectivity index (χ1n) is 8.83. The zero-order chi connectivity index (χ0) is 19.9. The van der Waals surface area contributed by atoms with E-state index in [9.17, 15) is 14.7 Å². The lowest BCUT2D eigenvalue weighted by molar-refractivity contribution is -0.137. The van der Waals surface area contributed by atoms with Crippen molar-refractivity contribution in [2.75, 3.05) is 7.11 Å². The van der Waals surface area contributed by atoms with Gasteiger partial charge in [-0.2, -0.15) is 0 Å². The van der Waals surface area contributed by atoms with Crippen LogP contribution in [0.25, 0.3) is 10.8 Å². The monoisotopic (exact) mass is 379 g/mol. The van der Waals surface area contributed by atoms with E-state index in [1.54, 1.807) is 19.2 Å². The molecule has 0 saturated carbocycles. The number of fused-ring (bicyclic) bond motifs is 1. The highest BCUT2D eigenvalue weighted by molar-refractivity contribution is 5.92. The number of carboxylic acids is 1. The van der Waals surface area contributed by atoms with E-state index in [1.807, 2.05) is 54.6 Å². The molecule has 144 valence electrons. The lowest BCUT2D eigenvalue weighted by Gasteiger charge is -2.20. The lowest BCUT2D eigenvalue weighted by atomic mass is 9.96. The van der Waals surface area contributed by atoms with Gasteiger partial charge < -0.3 is 19.9 Å². The Morgan fingerprint density at radius 3 is 2.32 bits per heavy atom. The van der Waals surface area contributed by atoms with E-state index in [4.69, 9.17) is 9.47 Å². The largest absolute Gasteiger partial charge is 0.496 e. The van der Waals surface area contributed by atoms with Gasteiger partial charge in [-0.05, 0) is 22.6 Å². The van der Waals surface area contributed by atoms with E-state index < -0.39 is 18.1 Å². The quantitative estimate of drug-likeness (QED) is 0.640. The summed E-state index contributed by atoms with van der Waals surface area (Å²) in [5.41, 5.74) is 1.54. The molecule has 2 N–H and O–H groups in total. The normalized spacial score (nSPS) is 11.6. The van der Waals surface area contributed by atoms with E-state index in [2.05, 4.69) is 5.32 Å². The average Bonchev–Trinajstić information content (AvgIpc) is 2.71. The van der Waals surface area contributed by atoms with Gasteiger partial charge >= 0.3 is 12.1 Å². The molecule has 0 aliphatic heterocycles. The van der Waals surface area contributed by atoms with Crippen LogP contribution in [0.4, 0.5) is 4.79 Å². The third-order valence-corrected chi connectivity index (χ3v) is 4.40. The molecule has 28 heavy (non-hydrogen) atoms. The molecule has 6 nitrogen and oxygen atoms in total. The highest BCUT2D eigenvalue weighted by atomic mass is 16.5. The SMILES string of the molecule is COc1ccc([C@@H](CC(=O)O)NC(=O)OCc2ccccc2)c2ccccc12. The lowest BCUT2D eigenvalue weighted by Crippen LogP contribution is -2.30. The minimum absolute atomic E-state index is 0.107. The molecular weight excluding hydrogens is 358 g/mol. The number of hydrogen-bond acceptors (Lipinski definition) is 4. The Morgan fingerprint density at radius 2 is 1.64 bits per heavy atom. The number of benzene rings is 3. The van der Waals surface area contributed by atoms with Crippen LogP contribution in [0.5, 0.6) is 5.75 Å². The van der Waals surface area contributed by atoms with Gasteiger partial charge in [0.1, 0.15) is 12.4 Å². The van der Waals surface area contributed by atoms with Crippen molar-refractivity contribution in [2.24, 2.45) is 0 Å². The number of nitrogens with one attached hydrogen (secondary N) is 1. The highest BCUT2D eigenvalue weighted by Crippen LogP contribution is 2.32. The maximum absolute atomic E-state index is 12.3. The van der Waals surface area contributed by atoms with Gasteiger partial charge in [0.25, 0.3) is 0 Å².